The number of aliphatic hydroxyl groups excluding tert-OH is 1. The van der Waals surface area contributed by atoms with Crippen LogP contribution < -0.4 is 0 Å². The second kappa shape index (κ2) is 3.96. The van der Waals surface area contributed by atoms with Crippen molar-refractivity contribution in [3.8, 4) is 11.3 Å². The molecule has 88 valence electrons. The fourth-order valence-corrected chi connectivity index (χ4v) is 2.01. The highest BCUT2D eigenvalue weighted by Crippen LogP contribution is 2.44. The highest BCUT2D eigenvalue weighted by atomic mass is 19.1. The Balaban J connectivity index is 2.11. The predicted octanol–water partition coefficient (Wildman–Crippen LogP) is 2.85. The third-order valence-corrected chi connectivity index (χ3v) is 3.05. The molecule has 1 saturated carbocycles. The van der Waals surface area contributed by atoms with Crippen LogP contribution in [0.2, 0.25) is 0 Å². The Hall–Kier alpha value is -1.68. The molecule has 1 aliphatic carbocycles. The van der Waals surface area contributed by atoms with Gasteiger partial charge >= 0.3 is 0 Å². The molecular weight excluding hydrogens is 221 g/mol. The molecule has 0 unspecified atom stereocenters. The molecule has 1 fully saturated rings. The Morgan fingerprint density at radius 3 is 2.76 bits per heavy atom. The van der Waals surface area contributed by atoms with Crippen LogP contribution in [-0.2, 0) is 6.61 Å². The van der Waals surface area contributed by atoms with Gasteiger partial charge in [-0.25, -0.2) is 4.39 Å². The topological polar surface area (TPSA) is 46.3 Å². The van der Waals surface area contributed by atoms with Crippen molar-refractivity contribution < 1.29 is 14.0 Å². The number of hydrogen-bond acceptors (Lipinski definition) is 3. The molecule has 1 aromatic heterocycles. The monoisotopic (exact) mass is 233 g/mol. The zero-order chi connectivity index (χ0) is 11.8. The van der Waals surface area contributed by atoms with E-state index in [9.17, 15) is 9.50 Å². The summed E-state index contributed by atoms with van der Waals surface area (Å²) in [6.45, 7) is -0.168. The van der Waals surface area contributed by atoms with Crippen molar-refractivity contribution in [2.24, 2.45) is 0 Å². The molecule has 1 aromatic carbocycles. The van der Waals surface area contributed by atoms with E-state index in [4.69, 9.17) is 4.52 Å². The Morgan fingerprint density at radius 1 is 1.35 bits per heavy atom. The molecule has 3 rings (SSSR count). The summed E-state index contributed by atoms with van der Waals surface area (Å²) >= 11 is 0. The van der Waals surface area contributed by atoms with Crippen LogP contribution in [0, 0.1) is 5.82 Å². The average molecular weight is 233 g/mol. The van der Waals surface area contributed by atoms with Crippen LogP contribution in [0.3, 0.4) is 0 Å². The Bertz CT molecular complexity index is 546. The van der Waals surface area contributed by atoms with Crippen LogP contribution >= 0.6 is 0 Å². The van der Waals surface area contributed by atoms with Crippen LogP contribution in [0.15, 0.2) is 28.8 Å². The van der Waals surface area contributed by atoms with Crippen molar-refractivity contribution in [2.75, 3.05) is 0 Å². The lowest BCUT2D eigenvalue weighted by atomic mass is 10.0. The maximum atomic E-state index is 13.7. The first-order valence-electron chi connectivity index (χ1n) is 5.65. The van der Waals surface area contributed by atoms with Crippen LogP contribution in [0.25, 0.3) is 11.3 Å². The lowest BCUT2D eigenvalue weighted by Crippen LogP contribution is -1.92. The third-order valence-electron chi connectivity index (χ3n) is 3.05. The summed E-state index contributed by atoms with van der Waals surface area (Å²) in [6.07, 6.45) is 2.11. The molecule has 1 N–H and O–H groups in total. The summed E-state index contributed by atoms with van der Waals surface area (Å²) in [7, 11) is 0. The summed E-state index contributed by atoms with van der Waals surface area (Å²) in [6, 6.07) is 6.38. The maximum Gasteiger partial charge on any atom is 0.145 e. The SMILES string of the molecule is OCc1c(-c2ccccc2F)noc1C1CC1. The number of halogens is 1. The fraction of sp³-hybridized carbons (Fsp3) is 0.308. The zero-order valence-electron chi connectivity index (χ0n) is 9.19. The minimum absolute atomic E-state index is 0.168. The lowest BCUT2D eigenvalue weighted by molar-refractivity contribution is 0.277. The van der Waals surface area contributed by atoms with Crippen molar-refractivity contribution in [2.45, 2.75) is 25.4 Å². The normalized spacial score (nSPS) is 15.2. The quantitative estimate of drug-likeness (QED) is 0.886. The van der Waals surface area contributed by atoms with Crippen molar-refractivity contribution in [1.29, 1.82) is 0 Å². The van der Waals surface area contributed by atoms with E-state index in [-0.39, 0.29) is 12.4 Å². The molecule has 0 saturated heterocycles. The second-order valence-corrected chi connectivity index (χ2v) is 4.29. The highest BCUT2D eigenvalue weighted by molar-refractivity contribution is 5.64. The van der Waals surface area contributed by atoms with Gasteiger partial charge in [0, 0.05) is 17.0 Å². The smallest absolute Gasteiger partial charge is 0.145 e. The van der Waals surface area contributed by atoms with E-state index in [2.05, 4.69) is 5.16 Å². The molecule has 2 aromatic rings. The largest absolute Gasteiger partial charge is 0.391 e. The van der Waals surface area contributed by atoms with Crippen molar-refractivity contribution in [3.63, 3.8) is 0 Å². The van der Waals surface area contributed by atoms with Crippen LogP contribution in [0.4, 0.5) is 4.39 Å². The van der Waals surface area contributed by atoms with Gasteiger partial charge < -0.3 is 9.63 Å². The second-order valence-electron chi connectivity index (χ2n) is 4.29. The summed E-state index contributed by atoms with van der Waals surface area (Å²) in [5.41, 5.74) is 1.43. The van der Waals surface area contributed by atoms with E-state index < -0.39 is 0 Å². The molecule has 0 bridgehead atoms. The summed E-state index contributed by atoms with van der Waals surface area (Å²) in [5.74, 6) is 0.716. The van der Waals surface area contributed by atoms with Crippen LogP contribution in [0.5, 0.6) is 0 Å². The first-order valence-corrected chi connectivity index (χ1v) is 5.65. The van der Waals surface area contributed by atoms with Crippen molar-refractivity contribution >= 4 is 0 Å². The molecule has 3 nitrogen and oxygen atoms in total. The fourth-order valence-electron chi connectivity index (χ4n) is 2.01. The van der Waals surface area contributed by atoms with Gasteiger partial charge in [-0.2, -0.15) is 0 Å². The van der Waals surface area contributed by atoms with E-state index >= 15 is 0 Å². The molecule has 4 heteroatoms. The van der Waals surface area contributed by atoms with Gasteiger partial charge in [0.1, 0.15) is 17.3 Å². The molecule has 1 aliphatic rings. The molecule has 0 atom stereocenters. The summed E-state index contributed by atoms with van der Waals surface area (Å²) < 4.78 is 18.9. The van der Waals surface area contributed by atoms with E-state index in [1.165, 1.54) is 6.07 Å². The third kappa shape index (κ3) is 1.74. The summed E-state index contributed by atoms with van der Waals surface area (Å²) in [5, 5.41) is 13.3. The van der Waals surface area contributed by atoms with Crippen LogP contribution in [-0.4, -0.2) is 10.3 Å². The molecule has 0 radical (unpaired) electrons. The zero-order valence-corrected chi connectivity index (χ0v) is 9.19. The van der Waals surface area contributed by atoms with E-state index in [1.54, 1.807) is 18.2 Å². The van der Waals surface area contributed by atoms with Gasteiger partial charge in [-0.05, 0) is 25.0 Å². The molecule has 0 amide bonds. The number of aromatic nitrogens is 1. The van der Waals surface area contributed by atoms with Gasteiger partial charge in [0.15, 0.2) is 0 Å². The molecule has 17 heavy (non-hydrogen) atoms. The first-order chi connectivity index (χ1) is 8.31. The maximum absolute atomic E-state index is 13.7. The molecule has 1 heterocycles. The number of hydrogen-bond donors (Lipinski definition) is 1. The number of rotatable bonds is 3. The molecular formula is C13H12FNO2. The first kappa shape index (κ1) is 10.5. The Labute approximate surface area is 97.9 Å². The van der Waals surface area contributed by atoms with Gasteiger partial charge in [0.2, 0.25) is 0 Å². The molecule has 0 aliphatic heterocycles. The van der Waals surface area contributed by atoms with E-state index in [0.29, 0.717) is 28.5 Å². The minimum Gasteiger partial charge on any atom is -0.391 e. The van der Waals surface area contributed by atoms with Gasteiger partial charge in [0.05, 0.1) is 6.61 Å². The number of benzene rings is 1. The Kier molecular flexibility index (Phi) is 2.44. The predicted molar refractivity (Wildman–Crippen MR) is 59.8 cm³/mol. The Morgan fingerprint density at radius 2 is 2.12 bits per heavy atom. The minimum atomic E-state index is -0.349. The van der Waals surface area contributed by atoms with Crippen LogP contribution in [0.1, 0.15) is 30.1 Å². The molecule has 0 spiro atoms. The number of aliphatic hydroxyl groups is 1. The van der Waals surface area contributed by atoms with Gasteiger partial charge in [-0.3, -0.25) is 0 Å². The summed E-state index contributed by atoms with van der Waals surface area (Å²) in [4.78, 5) is 0. The van der Waals surface area contributed by atoms with E-state index in [1.807, 2.05) is 0 Å². The number of nitrogens with zero attached hydrogens (tertiary/aromatic N) is 1. The van der Waals surface area contributed by atoms with E-state index in [0.717, 1.165) is 12.8 Å². The van der Waals surface area contributed by atoms with Gasteiger partial charge in [0.25, 0.3) is 0 Å². The van der Waals surface area contributed by atoms with Gasteiger partial charge in [-0.15, -0.1) is 0 Å². The average Bonchev–Trinajstić information content (AvgIpc) is 3.10. The lowest BCUT2D eigenvalue weighted by Gasteiger charge is -2.01. The van der Waals surface area contributed by atoms with Gasteiger partial charge in [-0.1, -0.05) is 17.3 Å². The van der Waals surface area contributed by atoms with Crippen molar-refractivity contribution in [1.82, 2.24) is 5.16 Å². The highest BCUT2D eigenvalue weighted by Gasteiger charge is 2.32. The standard InChI is InChI=1S/C13H12FNO2/c14-11-4-2-1-3-9(11)12-10(7-16)13(17-15-12)8-5-6-8/h1-4,8,16H,5-7H2. The van der Waals surface area contributed by atoms with Crippen molar-refractivity contribution in [3.05, 3.63) is 41.4 Å².